The maximum Gasteiger partial charge on any atom is 0.0165 e. The van der Waals surface area contributed by atoms with Crippen molar-refractivity contribution >= 4 is 0 Å². The minimum Gasteiger partial charge on any atom is -0.311 e. The van der Waals surface area contributed by atoms with Crippen LogP contribution in [0.25, 0.3) is 0 Å². The average Bonchev–Trinajstić information content (AvgIpc) is 2.47. The van der Waals surface area contributed by atoms with Gasteiger partial charge in [0.2, 0.25) is 0 Å². The lowest BCUT2D eigenvalue weighted by Crippen LogP contribution is -2.49. The predicted molar refractivity (Wildman–Crippen MR) is 87.2 cm³/mol. The van der Waals surface area contributed by atoms with Crippen LogP contribution in [0.1, 0.15) is 46.5 Å². The highest BCUT2D eigenvalue weighted by molar-refractivity contribution is 4.96. The second kappa shape index (κ2) is 8.16. The maximum atomic E-state index is 3.92. The minimum absolute atomic E-state index is 0.760. The van der Waals surface area contributed by atoms with E-state index in [-0.39, 0.29) is 0 Å². The van der Waals surface area contributed by atoms with Crippen molar-refractivity contribution in [1.29, 1.82) is 0 Å². The van der Waals surface area contributed by atoms with Crippen LogP contribution in [0.4, 0.5) is 0 Å². The van der Waals surface area contributed by atoms with Gasteiger partial charge in [-0.15, -0.1) is 0 Å². The van der Waals surface area contributed by atoms with Crippen LogP contribution >= 0.6 is 0 Å². The zero-order chi connectivity index (χ0) is 14.4. The molecule has 0 saturated carbocycles. The van der Waals surface area contributed by atoms with Gasteiger partial charge in [0.05, 0.1) is 0 Å². The SMILES string of the molecule is CCN1CCC(NC2CCN(CC=C(C)C)CC2)CC1. The number of nitrogens with zero attached hydrogens (tertiary/aromatic N) is 2. The van der Waals surface area contributed by atoms with E-state index in [4.69, 9.17) is 0 Å². The van der Waals surface area contributed by atoms with Crippen LogP contribution in [0.5, 0.6) is 0 Å². The van der Waals surface area contributed by atoms with Gasteiger partial charge in [0.25, 0.3) is 0 Å². The molecule has 116 valence electrons. The zero-order valence-corrected chi connectivity index (χ0v) is 13.7. The van der Waals surface area contributed by atoms with Crippen molar-refractivity contribution in [1.82, 2.24) is 15.1 Å². The van der Waals surface area contributed by atoms with Gasteiger partial charge in [-0.05, 0) is 72.3 Å². The van der Waals surface area contributed by atoms with E-state index in [9.17, 15) is 0 Å². The summed E-state index contributed by atoms with van der Waals surface area (Å²) in [5, 5.41) is 3.92. The molecule has 2 fully saturated rings. The fraction of sp³-hybridized carbons (Fsp3) is 0.882. The summed E-state index contributed by atoms with van der Waals surface area (Å²) in [4.78, 5) is 5.16. The number of likely N-dealkylation sites (tertiary alicyclic amines) is 2. The third-order valence-electron chi connectivity index (χ3n) is 4.85. The van der Waals surface area contributed by atoms with Crippen molar-refractivity contribution in [2.45, 2.75) is 58.5 Å². The van der Waals surface area contributed by atoms with Gasteiger partial charge in [-0.3, -0.25) is 4.90 Å². The number of hydrogen-bond acceptors (Lipinski definition) is 3. The van der Waals surface area contributed by atoms with Crippen LogP contribution < -0.4 is 5.32 Å². The molecule has 2 aliphatic rings. The summed E-state index contributed by atoms with van der Waals surface area (Å²) in [7, 11) is 0. The molecule has 2 heterocycles. The average molecular weight is 279 g/mol. The second-order valence-electron chi connectivity index (χ2n) is 6.73. The lowest BCUT2D eigenvalue weighted by molar-refractivity contribution is 0.169. The molecular formula is C17H33N3. The molecular weight excluding hydrogens is 246 g/mol. The van der Waals surface area contributed by atoms with E-state index in [2.05, 4.69) is 42.0 Å². The van der Waals surface area contributed by atoms with E-state index < -0.39 is 0 Å². The molecule has 0 aromatic heterocycles. The fourth-order valence-corrected chi connectivity index (χ4v) is 3.34. The van der Waals surface area contributed by atoms with Gasteiger partial charge >= 0.3 is 0 Å². The van der Waals surface area contributed by atoms with Crippen molar-refractivity contribution in [3.8, 4) is 0 Å². The van der Waals surface area contributed by atoms with Crippen molar-refractivity contribution in [2.24, 2.45) is 0 Å². The summed E-state index contributed by atoms with van der Waals surface area (Å²) in [5.74, 6) is 0. The topological polar surface area (TPSA) is 18.5 Å². The van der Waals surface area contributed by atoms with Crippen molar-refractivity contribution in [2.75, 3.05) is 39.3 Å². The lowest BCUT2D eigenvalue weighted by Gasteiger charge is -2.37. The molecule has 3 nitrogen and oxygen atoms in total. The van der Waals surface area contributed by atoms with E-state index in [0.29, 0.717) is 0 Å². The van der Waals surface area contributed by atoms with Gasteiger partial charge in [0.15, 0.2) is 0 Å². The molecule has 0 atom stereocenters. The van der Waals surface area contributed by atoms with Crippen LogP contribution in [-0.2, 0) is 0 Å². The molecule has 0 spiro atoms. The summed E-state index contributed by atoms with van der Waals surface area (Å²) in [6.45, 7) is 14.1. The van der Waals surface area contributed by atoms with Crippen molar-refractivity contribution in [3.05, 3.63) is 11.6 Å². The zero-order valence-electron chi connectivity index (χ0n) is 13.7. The lowest BCUT2D eigenvalue weighted by atomic mass is 9.99. The molecule has 0 aromatic rings. The number of rotatable bonds is 5. The monoisotopic (exact) mass is 279 g/mol. The molecule has 0 bridgehead atoms. The van der Waals surface area contributed by atoms with Gasteiger partial charge in [-0.25, -0.2) is 0 Å². The molecule has 0 aliphatic carbocycles. The Morgan fingerprint density at radius 3 is 1.90 bits per heavy atom. The molecule has 2 saturated heterocycles. The summed E-state index contributed by atoms with van der Waals surface area (Å²) in [6, 6.07) is 1.53. The number of allylic oxidation sites excluding steroid dienone is 1. The van der Waals surface area contributed by atoms with E-state index in [1.54, 1.807) is 0 Å². The Hall–Kier alpha value is -0.380. The van der Waals surface area contributed by atoms with Crippen LogP contribution in [0.3, 0.4) is 0 Å². The molecule has 20 heavy (non-hydrogen) atoms. The van der Waals surface area contributed by atoms with Gasteiger partial charge < -0.3 is 10.2 Å². The Morgan fingerprint density at radius 1 is 0.950 bits per heavy atom. The van der Waals surface area contributed by atoms with Gasteiger partial charge in [0.1, 0.15) is 0 Å². The molecule has 1 N–H and O–H groups in total. The Kier molecular flexibility index (Phi) is 6.53. The molecule has 0 aromatic carbocycles. The number of nitrogens with one attached hydrogen (secondary N) is 1. The van der Waals surface area contributed by atoms with Gasteiger partial charge in [0, 0.05) is 18.6 Å². The van der Waals surface area contributed by atoms with Gasteiger partial charge in [-0.2, -0.15) is 0 Å². The summed E-state index contributed by atoms with van der Waals surface area (Å²) in [5.41, 5.74) is 1.44. The highest BCUT2D eigenvalue weighted by Crippen LogP contribution is 2.15. The third kappa shape index (κ3) is 5.19. The first kappa shape index (κ1) is 16.0. The quantitative estimate of drug-likeness (QED) is 0.780. The second-order valence-corrected chi connectivity index (χ2v) is 6.73. The van der Waals surface area contributed by atoms with Crippen LogP contribution in [0.15, 0.2) is 11.6 Å². The predicted octanol–water partition coefficient (Wildman–Crippen LogP) is 2.49. The number of piperidine rings is 2. The van der Waals surface area contributed by atoms with E-state index in [1.807, 2.05) is 0 Å². The van der Waals surface area contributed by atoms with E-state index >= 15 is 0 Å². The minimum atomic E-state index is 0.760. The van der Waals surface area contributed by atoms with Gasteiger partial charge in [-0.1, -0.05) is 18.6 Å². The molecule has 3 heteroatoms. The summed E-state index contributed by atoms with van der Waals surface area (Å²) >= 11 is 0. The molecule has 2 rings (SSSR count). The van der Waals surface area contributed by atoms with E-state index in [1.165, 1.54) is 64.0 Å². The van der Waals surface area contributed by atoms with Crippen LogP contribution in [-0.4, -0.2) is 61.2 Å². The highest BCUT2D eigenvalue weighted by atomic mass is 15.2. The normalized spacial score (nSPS) is 23.9. The largest absolute Gasteiger partial charge is 0.311 e. The molecule has 0 amide bonds. The van der Waals surface area contributed by atoms with Crippen molar-refractivity contribution in [3.63, 3.8) is 0 Å². The highest BCUT2D eigenvalue weighted by Gasteiger charge is 2.23. The Bertz CT molecular complexity index is 293. The standard InChI is InChI=1S/C17H33N3/c1-4-19-11-6-16(7-12-19)18-17-8-13-20(14-9-17)10-5-15(2)3/h5,16-18H,4,6-14H2,1-3H3. The first-order valence-electron chi connectivity index (χ1n) is 8.51. The first-order chi connectivity index (χ1) is 9.67. The number of hydrogen-bond donors (Lipinski definition) is 1. The maximum absolute atomic E-state index is 3.92. The Morgan fingerprint density at radius 2 is 1.45 bits per heavy atom. The molecule has 0 unspecified atom stereocenters. The fourth-order valence-electron chi connectivity index (χ4n) is 3.34. The third-order valence-corrected chi connectivity index (χ3v) is 4.85. The van der Waals surface area contributed by atoms with E-state index in [0.717, 1.165) is 18.6 Å². The van der Waals surface area contributed by atoms with Crippen LogP contribution in [0.2, 0.25) is 0 Å². The summed E-state index contributed by atoms with van der Waals surface area (Å²) < 4.78 is 0. The molecule has 2 aliphatic heterocycles. The van der Waals surface area contributed by atoms with Crippen LogP contribution in [0, 0.1) is 0 Å². The Labute approximate surface area is 125 Å². The first-order valence-corrected chi connectivity index (χ1v) is 8.51. The summed E-state index contributed by atoms with van der Waals surface area (Å²) in [6.07, 6.45) is 7.68. The molecule has 0 radical (unpaired) electrons. The smallest absolute Gasteiger partial charge is 0.0165 e. The van der Waals surface area contributed by atoms with Crippen molar-refractivity contribution < 1.29 is 0 Å². The Balaban J connectivity index is 1.63.